The first-order valence-electron chi connectivity index (χ1n) is 11.6. The van der Waals surface area contributed by atoms with Crippen LogP contribution in [0.1, 0.15) is 45.7 Å². The number of esters is 1. The summed E-state index contributed by atoms with van der Waals surface area (Å²) in [5.74, 6) is -2.45. The van der Waals surface area contributed by atoms with Crippen LogP contribution in [0.4, 0.5) is 0 Å². The normalized spacial score (nSPS) is 12.4. The number of hydrogen-bond acceptors (Lipinski definition) is 11. The molecule has 0 spiro atoms. The van der Waals surface area contributed by atoms with Gasteiger partial charge in [-0.3, -0.25) is 4.90 Å². The van der Waals surface area contributed by atoms with E-state index < -0.39 is 11.9 Å². The summed E-state index contributed by atoms with van der Waals surface area (Å²) in [4.78, 5) is 40.7. The molecule has 0 bridgehead atoms. The molecular weight excluding hydrogens is 502 g/mol. The van der Waals surface area contributed by atoms with E-state index in [0.29, 0.717) is 43.7 Å². The number of aromatic carboxylic acids is 1. The Morgan fingerprint density at radius 1 is 0.842 bits per heavy atom. The Morgan fingerprint density at radius 3 is 1.74 bits per heavy atom. The first kappa shape index (κ1) is 33.8. The standard InChI is InChI=1S/C15H21NO5.C9H10O4.2CH2O/c1-2-11-9-12(17)10-13(14(11)18)15(19)21-8-5-16-3-6-20-7-4-16;1-2-5-3-6(10)4-7(8(5)11)9(12)13;2*1-2/h9-10,17-18H,2-8H2,1H3;3-4,10-11H,2H2,1H3,(H,12,13);2*1H2. The molecule has 5 N–H and O–H groups in total. The summed E-state index contributed by atoms with van der Waals surface area (Å²) in [5.41, 5.74) is 0.693. The number of aryl methyl sites for hydroxylation is 2. The highest BCUT2D eigenvalue weighted by Gasteiger charge is 2.18. The van der Waals surface area contributed by atoms with Gasteiger partial charge in [0, 0.05) is 19.6 Å². The number of aromatic hydroxyl groups is 4. The molecule has 1 heterocycles. The van der Waals surface area contributed by atoms with Crippen LogP contribution in [0.2, 0.25) is 0 Å². The maximum absolute atomic E-state index is 12.0. The van der Waals surface area contributed by atoms with Gasteiger partial charge in [-0.05, 0) is 48.2 Å². The highest BCUT2D eigenvalue weighted by molar-refractivity contribution is 5.93. The minimum Gasteiger partial charge on any atom is -0.508 e. The maximum atomic E-state index is 12.0. The average Bonchev–Trinajstić information content (AvgIpc) is 2.93. The van der Waals surface area contributed by atoms with Crippen LogP contribution >= 0.6 is 0 Å². The summed E-state index contributed by atoms with van der Waals surface area (Å²) >= 11 is 0. The second-order valence-corrected chi connectivity index (χ2v) is 7.60. The number of nitrogens with zero attached hydrogens (tertiary/aromatic N) is 1. The molecule has 2 aromatic carbocycles. The third kappa shape index (κ3) is 10.4. The molecule has 210 valence electrons. The fraction of sp³-hybridized carbons (Fsp3) is 0.385. The van der Waals surface area contributed by atoms with Crippen LogP contribution in [-0.2, 0) is 31.9 Å². The summed E-state index contributed by atoms with van der Waals surface area (Å²) in [6, 6.07) is 5.05. The Kier molecular flexibility index (Phi) is 16.2. The van der Waals surface area contributed by atoms with Crippen LogP contribution in [0.25, 0.3) is 0 Å². The summed E-state index contributed by atoms with van der Waals surface area (Å²) in [6.45, 7) is 11.5. The summed E-state index contributed by atoms with van der Waals surface area (Å²) < 4.78 is 10.4. The predicted octanol–water partition coefficient (Wildman–Crippen LogP) is 2.14. The van der Waals surface area contributed by atoms with E-state index in [2.05, 4.69) is 4.90 Å². The molecule has 0 aliphatic carbocycles. The molecule has 1 fully saturated rings. The zero-order chi connectivity index (χ0) is 29.3. The molecule has 1 saturated heterocycles. The molecule has 0 unspecified atom stereocenters. The Labute approximate surface area is 220 Å². The second kappa shape index (κ2) is 18.1. The van der Waals surface area contributed by atoms with Gasteiger partial charge < -0.3 is 44.6 Å². The number of hydrogen-bond donors (Lipinski definition) is 5. The van der Waals surface area contributed by atoms with Crippen LogP contribution in [0, 0.1) is 0 Å². The number of phenolic OH excluding ortho intramolecular Hbond substituents is 3. The summed E-state index contributed by atoms with van der Waals surface area (Å²) in [5, 5.41) is 46.7. The number of ether oxygens (including phenoxy) is 2. The lowest BCUT2D eigenvalue weighted by Gasteiger charge is -2.26. The monoisotopic (exact) mass is 537 g/mol. The highest BCUT2D eigenvalue weighted by Crippen LogP contribution is 2.29. The van der Waals surface area contributed by atoms with E-state index in [-0.39, 0.29) is 40.7 Å². The molecule has 12 nitrogen and oxygen atoms in total. The van der Waals surface area contributed by atoms with Crippen LogP contribution in [-0.4, -0.2) is 95.4 Å². The van der Waals surface area contributed by atoms with Crippen molar-refractivity contribution >= 4 is 25.5 Å². The molecule has 12 heteroatoms. The van der Waals surface area contributed by atoms with Crippen molar-refractivity contribution in [2.24, 2.45) is 0 Å². The van der Waals surface area contributed by atoms with Crippen molar-refractivity contribution in [3.63, 3.8) is 0 Å². The van der Waals surface area contributed by atoms with Crippen molar-refractivity contribution < 1.29 is 54.2 Å². The van der Waals surface area contributed by atoms with Gasteiger partial charge in [-0.2, -0.15) is 0 Å². The Balaban J connectivity index is 0.000000692. The van der Waals surface area contributed by atoms with Gasteiger partial charge in [-0.15, -0.1) is 0 Å². The topological polar surface area (TPSA) is 191 Å². The lowest BCUT2D eigenvalue weighted by molar-refractivity contribution is -0.0987. The fourth-order valence-corrected chi connectivity index (χ4v) is 3.38. The van der Waals surface area contributed by atoms with Crippen molar-refractivity contribution in [1.82, 2.24) is 4.90 Å². The first-order valence-corrected chi connectivity index (χ1v) is 11.6. The maximum Gasteiger partial charge on any atom is 0.342 e. The number of carboxylic acids is 1. The first-order chi connectivity index (χ1) is 18.2. The smallest absolute Gasteiger partial charge is 0.342 e. The van der Waals surface area contributed by atoms with E-state index in [1.807, 2.05) is 20.5 Å². The Bertz CT molecular complexity index is 1030. The Morgan fingerprint density at radius 2 is 1.29 bits per heavy atom. The van der Waals surface area contributed by atoms with Gasteiger partial charge >= 0.3 is 11.9 Å². The van der Waals surface area contributed by atoms with Gasteiger partial charge in [0.05, 0.1) is 13.2 Å². The van der Waals surface area contributed by atoms with Gasteiger partial charge in [0.2, 0.25) is 0 Å². The summed E-state index contributed by atoms with van der Waals surface area (Å²) in [6.07, 6.45) is 0.995. The van der Waals surface area contributed by atoms with Crippen LogP contribution in [0.15, 0.2) is 24.3 Å². The molecular formula is C26H35NO11. The van der Waals surface area contributed by atoms with E-state index in [1.54, 1.807) is 6.92 Å². The predicted molar refractivity (Wildman–Crippen MR) is 137 cm³/mol. The van der Waals surface area contributed by atoms with Gasteiger partial charge in [0.1, 0.15) is 54.3 Å². The third-order valence-electron chi connectivity index (χ3n) is 5.30. The lowest BCUT2D eigenvalue weighted by atomic mass is 10.1. The van der Waals surface area contributed by atoms with Gasteiger partial charge in [-0.25, -0.2) is 9.59 Å². The average molecular weight is 538 g/mol. The van der Waals surface area contributed by atoms with Crippen molar-refractivity contribution in [2.75, 3.05) is 39.5 Å². The zero-order valence-corrected chi connectivity index (χ0v) is 21.5. The van der Waals surface area contributed by atoms with E-state index in [1.165, 1.54) is 18.2 Å². The largest absolute Gasteiger partial charge is 0.508 e. The van der Waals surface area contributed by atoms with Gasteiger partial charge in [0.15, 0.2) is 0 Å². The number of phenols is 4. The number of rotatable bonds is 7. The quantitative estimate of drug-likeness (QED) is 0.256. The van der Waals surface area contributed by atoms with Gasteiger partial charge in [-0.1, -0.05) is 13.8 Å². The van der Waals surface area contributed by atoms with Crippen LogP contribution < -0.4 is 0 Å². The zero-order valence-electron chi connectivity index (χ0n) is 21.5. The van der Waals surface area contributed by atoms with Crippen molar-refractivity contribution in [2.45, 2.75) is 26.7 Å². The fourth-order valence-electron chi connectivity index (χ4n) is 3.38. The lowest BCUT2D eigenvalue weighted by Crippen LogP contribution is -2.38. The Hall–Kier alpha value is -4.16. The number of morpholine rings is 1. The summed E-state index contributed by atoms with van der Waals surface area (Å²) in [7, 11) is 0. The molecule has 0 radical (unpaired) electrons. The number of carbonyl (C=O) groups excluding carboxylic acids is 3. The molecule has 0 amide bonds. The number of carbonyl (C=O) groups is 4. The van der Waals surface area contributed by atoms with Crippen molar-refractivity contribution in [3.05, 3.63) is 46.5 Å². The van der Waals surface area contributed by atoms with Gasteiger partial charge in [0.25, 0.3) is 0 Å². The molecule has 0 atom stereocenters. The third-order valence-corrected chi connectivity index (χ3v) is 5.30. The van der Waals surface area contributed by atoms with Crippen LogP contribution in [0.3, 0.4) is 0 Å². The molecule has 3 rings (SSSR count). The van der Waals surface area contributed by atoms with E-state index in [4.69, 9.17) is 29.3 Å². The SMILES string of the molecule is C=O.C=O.CCc1cc(O)cc(C(=O)O)c1O.CCc1cc(O)cc(C(=O)OCCN2CCOCC2)c1O. The van der Waals surface area contributed by atoms with Crippen molar-refractivity contribution in [1.29, 1.82) is 0 Å². The second-order valence-electron chi connectivity index (χ2n) is 7.60. The minimum atomic E-state index is -1.25. The van der Waals surface area contributed by atoms with E-state index in [0.717, 1.165) is 19.2 Å². The molecule has 1 aliphatic heterocycles. The van der Waals surface area contributed by atoms with E-state index >= 15 is 0 Å². The minimum absolute atomic E-state index is 0.00817. The highest BCUT2D eigenvalue weighted by atomic mass is 16.5. The molecule has 0 saturated carbocycles. The molecule has 1 aliphatic rings. The van der Waals surface area contributed by atoms with Crippen LogP contribution in [0.5, 0.6) is 23.0 Å². The number of benzene rings is 2. The molecule has 38 heavy (non-hydrogen) atoms. The van der Waals surface area contributed by atoms with E-state index in [9.17, 15) is 24.9 Å². The van der Waals surface area contributed by atoms with Crippen molar-refractivity contribution in [3.8, 4) is 23.0 Å². The molecule has 2 aromatic rings. The number of carboxylic acid groups (broad SMARTS) is 1. The molecule has 0 aromatic heterocycles.